The van der Waals surface area contributed by atoms with E-state index in [1.165, 1.54) is 4.90 Å². The van der Waals surface area contributed by atoms with Gasteiger partial charge in [0.15, 0.2) is 0 Å². The number of ether oxygens (including phenoxy) is 1. The Kier molecular flexibility index (Phi) is 6.04. The molecule has 0 bridgehead atoms. The maximum absolute atomic E-state index is 12.1. The predicted molar refractivity (Wildman–Crippen MR) is 67.9 cm³/mol. The predicted octanol–water partition coefficient (Wildman–Crippen LogP) is 0.0309. The average Bonchev–Trinajstić information content (AvgIpc) is 2.72. The number of methoxy groups -OCH3 is 1. The van der Waals surface area contributed by atoms with Gasteiger partial charge in [-0.3, -0.25) is 0 Å². The van der Waals surface area contributed by atoms with Crippen molar-refractivity contribution >= 4 is 12.0 Å². The fourth-order valence-electron chi connectivity index (χ4n) is 2.28. The summed E-state index contributed by atoms with van der Waals surface area (Å²) in [5.41, 5.74) is 0. The van der Waals surface area contributed by atoms with Gasteiger partial charge in [-0.2, -0.15) is 0 Å². The molecule has 0 aromatic carbocycles. The molecule has 3 atom stereocenters. The maximum atomic E-state index is 12.1. The Morgan fingerprint density at radius 2 is 2.21 bits per heavy atom. The van der Waals surface area contributed by atoms with Crippen LogP contribution in [0.1, 0.15) is 26.2 Å². The number of β-amino-alcohol motifs (C(OH)–C–C–N with tert-alkyl or cyclic N) is 1. The topological polar surface area (TPSA) is 99.1 Å². The number of nitrogens with zero attached hydrogens (tertiary/aromatic N) is 1. The van der Waals surface area contributed by atoms with E-state index in [1.807, 2.05) is 6.92 Å². The van der Waals surface area contributed by atoms with E-state index >= 15 is 0 Å². The van der Waals surface area contributed by atoms with E-state index in [1.54, 1.807) is 7.11 Å². The number of hydrogen-bond donors (Lipinski definition) is 3. The number of nitrogens with one attached hydrogen (secondary N) is 1. The van der Waals surface area contributed by atoms with Crippen LogP contribution in [0, 0.1) is 0 Å². The average molecular weight is 274 g/mol. The molecule has 0 aromatic heterocycles. The Bertz CT molecular complexity index is 317. The molecule has 1 aliphatic heterocycles. The van der Waals surface area contributed by atoms with Gasteiger partial charge < -0.3 is 25.2 Å². The lowest BCUT2D eigenvalue weighted by Crippen LogP contribution is -2.50. The number of likely N-dealkylation sites (tertiary alicyclic amines) is 1. The number of aliphatic carboxylic acids is 1. The Morgan fingerprint density at radius 3 is 2.74 bits per heavy atom. The molecular formula is C12H22N2O5. The normalized spacial score (nSPS) is 24.3. The second-order valence-corrected chi connectivity index (χ2v) is 4.79. The second-order valence-electron chi connectivity index (χ2n) is 4.79. The van der Waals surface area contributed by atoms with Crippen LogP contribution in [0.2, 0.25) is 0 Å². The zero-order valence-corrected chi connectivity index (χ0v) is 11.3. The van der Waals surface area contributed by atoms with Gasteiger partial charge in [-0.1, -0.05) is 13.3 Å². The lowest BCUT2D eigenvalue weighted by atomic mass is 10.2. The molecule has 0 saturated carbocycles. The van der Waals surface area contributed by atoms with E-state index in [0.29, 0.717) is 6.61 Å². The van der Waals surface area contributed by atoms with E-state index in [0.717, 1.165) is 12.8 Å². The number of amides is 2. The monoisotopic (exact) mass is 274 g/mol. The van der Waals surface area contributed by atoms with E-state index in [2.05, 4.69) is 5.32 Å². The highest BCUT2D eigenvalue weighted by molar-refractivity contribution is 5.83. The summed E-state index contributed by atoms with van der Waals surface area (Å²) in [5, 5.41) is 21.3. The van der Waals surface area contributed by atoms with Gasteiger partial charge >= 0.3 is 12.0 Å². The lowest BCUT2D eigenvalue weighted by molar-refractivity contribution is -0.141. The molecule has 0 radical (unpaired) electrons. The zero-order chi connectivity index (χ0) is 14.4. The Morgan fingerprint density at radius 1 is 1.53 bits per heavy atom. The summed E-state index contributed by atoms with van der Waals surface area (Å²) in [5.74, 6) is -1.09. The largest absolute Gasteiger partial charge is 0.480 e. The summed E-state index contributed by atoms with van der Waals surface area (Å²) in [6, 6.07) is -1.56. The maximum Gasteiger partial charge on any atom is 0.326 e. The molecule has 0 aliphatic carbocycles. The molecule has 2 amide bonds. The van der Waals surface area contributed by atoms with Crippen molar-refractivity contribution < 1.29 is 24.5 Å². The third-order valence-corrected chi connectivity index (χ3v) is 3.16. The fourth-order valence-corrected chi connectivity index (χ4v) is 2.28. The van der Waals surface area contributed by atoms with Gasteiger partial charge in [-0.25, -0.2) is 9.59 Å². The fraction of sp³-hybridized carbons (Fsp3) is 0.833. The van der Waals surface area contributed by atoms with Gasteiger partial charge in [0.25, 0.3) is 0 Å². The van der Waals surface area contributed by atoms with Crippen molar-refractivity contribution in [3.8, 4) is 0 Å². The van der Waals surface area contributed by atoms with Crippen molar-refractivity contribution in [2.75, 3.05) is 20.3 Å². The van der Waals surface area contributed by atoms with Crippen molar-refractivity contribution in [3.05, 3.63) is 0 Å². The SMILES string of the molecule is CCCC(COC)NC(=O)N1C[C@H](O)C[C@@H]1C(=O)O. The van der Waals surface area contributed by atoms with Crippen molar-refractivity contribution in [2.45, 2.75) is 44.4 Å². The molecule has 3 N–H and O–H groups in total. The highest BCUT2D eigenvalue weighted by atomic mass is 16.5. The highest BCUT2D eigenvalue weighted by Gasteiger charge is 2.39. The first-order valence-corrected chi connectivity index (χ1v) is 6.46. The molecule has 110 valence electrons. The first kappa shape index (κ1) is 15.7. The molecule has 1 aliphatic rings. The van der Waals surface area contributed by atoms with Gasteiger partial charge in [0, 0.05) is 20.1 Å². The number of hydrogen-bond acceptors (Lipinski definition) is 4. The minimum atomic E-state index is -1.09. The first-order chi connectivity index (χ1) is 8.99. The van der Waals surface area contributed by atoms with Crippen LogP contribution >= 0.6 is 0 Å². The van der Waals surface area contributed by atoms with Crippen LogP contribution in [0.25, 0.3) is 0 Å². The summed E-state index contributed by atoms with van der Waals surface area (Å²) in [7, 11) is 1.55. The highest BCUT2D eigenvalue weighted by Crippen LogP contribution is 2.18. The lowest BCUT2D eigenvalue weighted by Gasteiger charge is -2.25. The van der Waals surface area contributed by atoms with E-state index in [9.17, 15) is 14.7 Å². The summed E-state index contributed by atoms with van der Waals surface area (Å²) < 4.78 is 5.02. The van der Waals surface area contributed by atoms with Crippen LogP contribution in [0.4, 0.5) is 4.79 Å². The standard InChI is InChI=1S/C12H22N2O5/c1-3-4-8(7-19-2)13-12(18)14-6-9(15)5-10(14)11(16)17/h8-10,15H,3-7H2,1-2H3,(H,13,18)(H,16,17)/t8?,9-,10-/m1/s1. The van der Waals surface area contributed by atoms with E-state index in [-0.39, 0.29) is 19.0 Å². The molecule has 1 unspecified atom stereocenters. The summed E-state index contributed by atoms with van der Waals surface area (Å²) in [4.78, 5) is 24.3. The Balaban J connectivity index is 2.62. The van der Waals surface area contributed by atoms with Crippen LogP contribution in [0.3, 0.4) is 0 Å². The molecule has 1 rings (SSSR count). The van der Waals surface area contributed by atoms with Gasteiger partial charge in [0.1, 0.15) is 6.04 Å². The smallest absolute Gasteiger partial charge is 0.326 e. The third-order valence-electron chi connectivity index (χ3n) is 3.16. The molecule has 0 aromatic rings. The minimum Gasteiger partial charge on any atom is -0.480 e. The minimum absolute atomic E-state index is 0.0502. The molecule has 0 spiro atoms. The number of urea groups is 1. The Hall–Kier alpha value is -1.34. The van der Waals surface area contributed by atoms with Gasteiger partial charge in [-0.15, -0.1) is 0 Å². The summed E-state index contributed by atoms with van der Waals surface area (Å²) in [6.45, 7) is 2.43. The third kappa shape index (κ3) is 4.36. The molecule has 7 nitrogen and oxygen atoms in total. The molecule has 19 heavy (non-hydrogen) atoms. The molecule has 1 heterocycles. The van der Waals surface area contributed by atoms with Crippen molar-refractivity contribution in [3.63, 3.8) is 0 Å². The van der Waals surface area contributed by atoms with Crippen LogP contribution in [0.15, 0.2) is 0 Å². The number of carboxylic acids is 1. The molecule has 1 fully saturated rings. The van der Waals surface area contributed by atoms with Gasteiger partial charge in [0.2, 0.25) is 0 Å². The molecule has 1 saturated heterocycles. The second kappa shape index (κ2) is 7.30. The van der Waals surface area contributed by atoms with Crippen LogP contribution < -0.4 is 5.32 Å². The summed E-state index contributed by atoms with van der Waals surface area (Å²) in [6.07, 6.45) is 0.942. The molecular weight excluding hydrogens is 252 g/mol. The van der Waals surface area contributed by atoms with Gasteiger partial charge in [0.05, 0.1) is 18.8 Å². The van der Waals surface area contributed by atoms with Crippen molar-refractivity contribution in [2.24, 2.45) is 0 Å². The quantitative estimate of drug-likeness (QED) is 0.634. The van der Waals surface area contributed by atoms with Crippen LogP contribution in [-0.2, 0) is 9.53 Å². The van der Waals surface area contributed by atoms with Crippen molar-refractivity contribution in [1.29, 1.82) is 0 Å². The zero-order valence-electron chi connectivity index (χ0n) is 11.3. The summed E-state index contributed by atoms with van der Waals surface area (Å²) >= 11 is 0. The van der Waals surface area contributed by atoms with E-state index in [4.69, 9.17) is 9.84 Å². The van der Waals surface area contributed by atoms with Gasteiger partial charge in [-0.05, 0) is 6.42 Å². The number of aliphatic hydroxyl groups excluding tert-OH is 1. The first-order valence-electron chi connectivity index (χ1n) is 6.46. The number of rotatable bonds is 6. The number of carbonyl (C=O) groups is 2. The Labute approximate surface area is 112 Å². The number of aliphatic hydroxyl groups is 1. The number of carboxylic acid groups (broad SMARTS) is 1. The van der Waals surface area contributed by atoms with Crippen LogP contribution in [-0.4, -0.2) is 65.6 Å². The van der Waals surface area contributed by atoms with E-state index < -0.39 is 24.1 Å². The van der Waals surface area contributed by atoms with Crippen LogP contribution in [0.5, 0.6) is 0 Å². The molecule has 7 heteroatoms. The number of carbonyl (C=O) groups excluding carboxylic acids is 1. The van der Waals surface area contributed by atoms with Crippen molar-refractivity contribution in [1.82, 2.24) is 10.2 Å².